The molecule has 0 amide bonds. The molecule has 0 radical (unpaired) electrons. The summed E-state index contributed by atoms with van der Waals surface area (Å²) in [6, 6.07) is 1.93. The molecular weight excluding hydrogens is 170 g/mol. The number of hydrogen-bond acceptors (Lipinski definition) is 3. The van der Waals surface area contributed by atoms with E-state index in [-0.39, 0.29) is 0 Å². The van der Waals surface area contributed by atoms with Crippen molar-refractivity contribution in [2.45, 2.75) is 31.8 Å². The quantitative estimate of drug-likeness (QED) is 0.729. The Bertz CT molecular complexity index is 244. The molecule has 0 saturated carbocycles. The van der Waals surface area contributed by atoms with Crippen LogP contribution in [0.3, 0.4) is 0 Å². The molecule has 0 aromatic carbocycles. The Balaban J connectivity index is 2.62. The zero-order valence-electron chi connectivity index (χ0n) is 7.58. The van der Waals surface area contributed by atoms with Crippen molar-refractivity contribution in [2.24, 2.45) is 0 Å². The highest BCUT2D eigenvalue weighted by molar-refractivity contribution is 7.99. The lowest BCUT2D eigenvalue weighted by Crippen LogP contribution is -2.01. The van der Waals surface area contributed by atoms with Crippen LogP contribution in [0.2, 0.25) is 0 Å². The number of nitrogens with two attached hydrogens (primary N) is 1. The fourth-order valence-electron chi connectivity index (χ4n) is 0.937. The van der Waals surface area contributed by atoms with Crippen molar-refractivity contribution in [1.29, 1.82) is 0 Å². The number of nitrogens with zero attached hydrogens (tertiary/aromatic N) is 2. The summed E-state index contributed by atoms with van der Waals surface area (Å²) in [4.78, 5) is 0. The molecular formula is C8H15N3S. The zero-order chi connectivity index (χ0) is 8.97. The number of anilines is 1. The molecule has 1 aromatic heterocycles. The van der Waals surface area contributed by atoms with Crippen molar-refractivity contribution >= 4 is 17.6 Å². The van der Waals surface area contributed by atoms with E-state index in [1.807, 2.05) is 17.7 Å². The molecule has 1 rings (SSSR count). The third kappa shape index (κ3) is 2.17. The lowest BCUT2D eigenvalue weighted by Gasteiger charge is -1.95. The molecule has 3 nitrogen and oxygen atoms in total. The minimum atomic E-state index is 0.760. The van der Waals surface area contributed by atoms with Crippen molar-refractivity contribution < 1.29 is 0 Å². The second-order valence-electron chi connectivity index (χ2n) is 2.57. The van der Waals surface area contributed by atoms with Crippen LogP contribution < -0.4 is 5.73 Å². The standard InChI is InChI=1S/C8H15N3S/c1-3-5-12-8-6-7(9)11(4-2)10-8/h6H,3-5,9H2,1-2H3. The normalized spacial score (nSPS) is 10.5. The van der Waals surface area contributed by atoms with Crippen LogP contribution >= 0.6 is 11.8 Å². The molecule has 2 N–H and O–H groups in total. The summed E-state index contributed by atoms with van der Waals surface area (Å²) < 4.78 is 1.82. The van der Waals surface area contributed by atoms with Crippen LogP contribution in [-0.2, 0) is 6.54 Å². The molecule has 1 heterocycles. The second-order valence-corrected chi connectivity index (χ2v) is 3.69. The van der Waals surface area contributed by atoms with Crippen LogP contribution in [-0.4, -0.2) is 15.5 Å². The molecule has 0 unspecified atom stereocenters. The first kappa shape index (κ1) is 9.45. The van der Waals surface area contributed by atoms with Crippen molar-refractivity contribution in [3.63, 3.8) is 0 Å². The molecule has 4 heteroatoms. The van der Waals surface area contributed by atoms with Crippen LogP contribution in [0.15, 0.2) is 11.1 Å². The molecule has 0 saturated heterocycles. The van der Waals surface area contributed by atoms with E-state index in [2.05, 4.69) is 12.0 Å². The van der Waals surface area contributed by atoms with Crippen LogP contribution in [0.5, 0.6) is 0 Å². The summed E-state index contributed by atoms with van der Waals surface area (Å²) in [5, 5.41) is 5.36. The van der Waals surface area contributed by atoms with Gasteiger partial charge < -0.3 is 5.73 Å². The Morgan fingerprint density at radius 2 is 2.33 bits per heavy atom. The van der Waals surface area contributed by atoms with E-state index in [1.54, 1.807) is 11.8 Å². The van der Waals surface area contributed by atoms with Gasteiger partial charge in [0, 0.05) is 12.6 Å². The van der Waals surface area contributed by atoms with Gasteiger partial charge in [-0.3, -0.25) is 0 Å². The molecule has 0 aliphatic heterocycles. The van der Waals surface area contributed by atoms with Gasteiger partial charge in [-0.2, -0.15) is 5.10 Å². The summed E-state index contributed by atoms with van der Waals surface area (Å²) in [5.74, 6) is 1.87. The van der Waals surface area contributed by atoms with Crippen molar-refractivity contribution in [3.05, 3.63) is 6.07 Å². The Hall–Kier alpha value is -0.640. The van der Waals surface area contributed by atoms with Gasteiger partial charge in [-0.25, -0.2) is 4.68 Å². The summed E-state index contributed by atoms with van der Waals surface area (Å²) in [6.45, 7) is 5.04. The molecule has 0 aliphatic rings. The van der Waals surface area contributed by atoms with E-state index >= 15 is 0 Å². The SMILES string of the molecule is CCCSc1cc(N)n(CC)n1. The minimum absolute atomic E-state index is 0.760. The van der Waals surface area contributed by atoms with Gasteiger partial charge >= 0.3 is 0 Å². The third-order valence-corrected chi connectivity index (χ3v) is 2.65. The Kier molecular flexibility index (Phi) is 3.47. The number of nitrogen functional groups attached to an aromatic ring is 1. The Labute approximate surface area is 77.3 Å². The number of aryl methyl sites for hydroxylation is 1. The monoisotopic (exact) mass is 185 g/mol. The second kappa shape index (κ2) is 4.40. The fourth-order valence-corrected chi connectivity index (χ4v) is 1.71. The van der Waals surface area contributed by atoms with Gasteiger partial charge in [0.15, 0.2) is 0 Å². The first-order chi connectivity index (χ1) is 5.77. The van der Waals surface area contributed by atoms with Crippen LogP contribution in [0.4, 0.5) is 5.82 Å². The molecule has 0 bridgehead atoms. The van der Waals surface area contributed by atoms with E-state index < -0.39 is 0 Å². The lowest BCUT2D eigenvalue weighted by atomic mass is 10.6. The highest BCUT2D eigenvalue weighted by Gasteiger charge is 2.02. The molecule has 68 valence electrons. The maximum Gasteiger partial charge on any atom is 0.122 e. The van der Waals surface area contributed by atoms with Crippen LogP contribution in [0.25, 0.3) is 0 Å². The van der Waals surface area contributed by atoms with E-state index in [0.29, 0.717) is 0 Å². The van der Waals surface area contributed by atoms with Crippen LogP contribution in [0.1, 0.15) is 20.3 Å². The maximum absolute atomic E-state index is 5.71. The molecule has 0 fully saturated rings. The van der Waals surface area contributed by atoms with E-state index in [1.165, 1.54) is 6.42 Å². The summed E-state index contributed by atoms with van der Waals surface area (Å²) >= 11 is 1.76. The average Bonchev–Trinajstić information content (AvgIpc) is 2.43. The summed E-state index contributed by atoms with van der Waals surface area (Å²) in [7, 11) is 0. The van der Waals surface area contributed by atoms with Crippen molar-refractivity contribution in [1.82, 2.24) is 9.78 Å². The summed E-state index contributed by atoms with van der Waals surface area (Å²) in [6.07, 6.45) is 1.17. The molecule has 1 aromatic rings. The number of rotatable bonds is 4. The Morgan fingerprint density at radius 1 is 1.58 bits per heavy atom. The van der Waals surface area contributed by atoms with Gasteiger partial charge in [-0.15, -0.1) is 11.8 Å². The highest BCUT2D eigenvalue weighted by atomic mass is 32.2. The predicted octanol–water partition coefficient (Wildman–Crippen LogP) is 1.99. The highest BCUT2D eigenvalue weighted by Crippen LogP contribution is 2.19. The third-order valence-electron chi connectivity index (χ3n) is 1.54. The van der Waals surface area contributed by atoms with Gasteiger partial charge in [-0.05, 0) is 19.1 Å². The fraction of sp³-hybridized carbons (Fsp3) is 0.625. The topological polar surface area (TPSA) is 43.8 Å². The summed E-state index contributed by atoms with van der Waals surface area (Å²) in [5.41, 5.74) is 5.71. The number of thioether (sulfide) groups is 1. The van der Waals surface area contributed by atoms with Gasteiger partial charge in [0.2, 0.25) is 0 Å². The van der Waals surface area contributed by atoms with Gasteiger partial charge in [0.1, 0.15) is 10.8 Å². The Morgan fingerprint density at radius 3 is 2.83 bits per heavy atom. The molecule has 0 atom stereocenters. The predicted molar refractivity (Wildman–Crippen MR) is 53.3 cm³/mol. The van der Waals surface area contributed by atoms with Crippen LogP contribution in [0, 0.1) is 0 Å². The van der Waals surface area contributed by atoms with E-state index in [0.717, 1.165) is 23.1 Å². The number of hydrogen-bond donors (Lipinski definition) is 1. The van der Waals surface area contributed by atoms with Gasteiger partial charge in [0.25, 0.3) is 0 Å². The van der Waals surface area contributed by atoms with E-state index in [4.69, 9.17) is 5.73 Å². The van der Waals surface area contributed by atoms with Gasteiger partial charge in [0.05, 0.1) is 0 Å². The first-order valence-corrected chi connectivity index (χ1v) is 5.22. The molecule has 0 aliphatic carbocycles. The average molecular weight is 185 g/mol. The minimum Gasteiger partial charge on any atom is -0.384 e. The largest absolute Gasteiger partial charge is 0.384 e. The zero-order valence-corrected chi connectivity index (χ0v) is 8.40. The lowest BCUT2D eigenvalue weighted by molar-refractivity contribution is 0.650. The van der Waals surface area contributed by atoms with E-state index in [9.17, 15) is 0 Å². The van der Waals surface area contributed by atoms with Crippen molar-refractivity contribution in [2.75, 3.05) is 11.5 Å². The van der Waals surface area contributed by atoms with Gasteiger partial charge in [-0.1, -0.05) is 6.92 Å². The van der Waals surface area contributed by atoms with Crippen molar-refractivity contribution in [3.8, 4) is 0 Å². The molecule has 0 spiro atoms. The smallest absolute Gasteiger partial charge is 0.122 e. The number of aromatic nitrogens is 2. The maximum atomic E-state index is 5.71. The first-order valence-electron chi connectivity index (χ1n) is 4.24. The molecule has 12 heavy (non-hydrogen) atoms.